The van der Waals surface area contributed by atoms with Gasteiger partial charge in [-0.05, 0) is 27.7 Å². The van der Waals surface area contributed by atoms with Crippen LogP contribution in [0.25, 0.3) is 0 Å². The van der Waals surface area contributed by atoms with Gasteiger partial charge in [-0.1, -0.05) is 32.9 Å². The largest absolute Gasteiger partial charge is 0.478 e. The van der Waals surface area contributed by atoms with Gasteiger partial charge >= 0.3 is 29.8 Å². The highest BCUT2D eigenvalue weighted by atomic mass is 16.4. The van der Waals surface area contributed by atoms with E-state index in [1.807, 2.05) is 0 Å². The molecule has 10 nitrogen and oxygen atoms in total. The zero-order valence-electron chi connectivity index (χ0n) is 16.9. The predicted molar refractivity (Wildman–Crippen MR) is 108 cm³/mol. The minimum Gasteiger partial charge on any atom is -0.478 e. The first-order chi connectivity index (χ1) is 12.8. The zero-order chi connectivity index (χ0) is 24.9. The van der Waals surface area contributed by atoms with Gasteiger partial charge in [-0.3, -0.25) is 0 Å². The van der Waals surface area contributed by atoms with Gasteiger partial charge in [0.2, 0.25) is 0 Å². The van der Waals surface area contributed by atoms with Crippen LogP contribution in [0.3, 0.4) is 0 Å². The molecule has 0 radical (unpaired) electrons. The van der Waals surface area contributed by atoms with Gasteiger partial charge in [-0.25, -0.2) is 24.0 Å². The second kappa shape index (κ2) is 22.1. The van der Waals surface area contributed by atoms with E-state index in [1.54, 1.807) is 0 Å². The molecule has 0 aromatic carbocycles. The lowest BCUT2D eigenvalue weighted by atomic mass is 10.4. The average Bonchev–Trinajstić information content (AvgIpc) is 2.56. The van der Waals surface area contributed by atoms with E-state index in [4.69, 9.17) is 25.5 Å². The van der Waals surface area contributed by atoms with Crippen LogP contribution in [-0.4, -0.2) is 55.4 Å². The van der Waals surface area contributed by atoms with Crippen molar-refractivity contribution in [1.82, 2.24) is 0 Å². The molecule has 29 heavy (non-hydrogen) atoms. The standard InChI is InChI=1S/4C4H6O2.C3H4O2/c4*1-3(2)4(5)6;1-2-3(4)5/h4*1H2,2H3,(H,5,6);2H,1H2,(H,4,5). The van der Waals surface area contributed by atoms with E-state index < -0.39 is 29.8 Å². The van der Waals surface area contributed by atoms with Crippen molar-refractivity contribution in [2.45, 2.75) is 27.7 Å². The van der Waals surface area contributed by atoms with Crippen LogP contribution in [0.5, 0.6) is 0 Å². The molecule has 0 aliphatic heterocycles. The Morgan fingerprint density at radius 1 is 0.517 bits per heavy atom. The number of aliphatic carboxylic acids is 5. The van der Waals surface area contributed by atoms with Crippen LogP contribution in [0.1, 0.15) is 27.7 Å². The molecule has 0 aromatic heterocycles. The van der Waals surface area contributed by atoms with E-state index in [9.17, 15) is 24.0 Å². The Kier molecular flexibility index (Phi) is 27.5. The number of carboxylic acids is 5. The maximum absolute atomic E-state index is 9.60. The fourth-order valence-corrected chi connectivity index (χ4v) is 0. The van der Waals surface area contributed by atoms with Crippen molar-refractivity contribution in [2.75, 3.05) is 0 Å². The van der Waals surface area contributed by atoms with Crippen LogP contribution in [0.15, 0.2) is 61.3 Å². The second-order valence-electron chi connectivity index (χ2n) is 4.88. The maximum atomic E-state index is 9.60. The van der Waals surface area contributed by atoms with E-state index in [2.05, 4.69) is 32.9 Å². The summed E-state index contributed by atoms with van der Waals surface area (Å²) in [6, 6.07) is 0. The molecule has 10 heteroatoms. The van der Waals surface area contributed by atoms with Crippen molar-refractivity contribution in [3.63, 3.8) is 0 Å². The molecular weight excluding hydrogens is 388 g/mol. The highest BCUT2D eigenvalue weighted by Crippen LogP contribution is 1.82. The fraction of sp³-hybridized carbons (Fsp3) is 0.211. The molecule has 0 bridgehead atoms. The number of carbonyl (C=O) groups is 5. The number of hydrogen-bond donors (Lipinski definition) is 5. The third-order valence-corrected chi connectivity index (χ3v) is 1.63. The molecule has 164 valence electrons. The fourth-order valence-electron chi connectivity index (χ4n) is 0. The van der Waals surface area contributed by atoms with Gasteiger partial charge in [-0.2, -0.15) is 0 Å². The number of carboxylic acid groups (broad SMARTS) is 5. The zero-order valence-corrected chi connectivity index (χ0v) is 16.9. The third-order valence-electron chi connectivity index (χ3n) is 1.63. The third kappa shape index (κ3) is 59.2. The Hall–Kier alpha value is -3.95. The number of hydrogen-bond acceptors (Lipinski definition) is 5. The van der Waals surface area contributed by atoms with Gasteiger partial charge in [0.1, 0.15) is 0 Å². The molecular formula is C19H28O10. The molecule has 0 spiro atoms. The first-order valence-electron chi connectivity index (χ1n) is 7.25. The van der Waals surface area contributed by atoms with E-state index >= 15 is 0 Å². The van der Waals surface area contributed by atoms with Crippen molar-refractivity contribution in [1.29, 1.82) is 0 Å². The summed E-state index contributed by atoms with van der Waals surface area (Å²) in [7, 11) is 0. The summed E-state index contributed by atoms with van der Waals surface area (Å²) in [5.74, 6) is -4.72. The maximum Gasteiger partial charge on any atom is 0.330 e. The van der Waals surface area contributed by atoms with Crippen LogP contribution in [0.2, 0.25) is 0 Å². The minimum absolute atomic E-state index is 0.176. The lowest BCUT2D eigenvalue weighted by Crippen LogP contribution is -1.92. The molecule has 0 aromatic rings. The van der Waals surface area contributed by atoms with Crippen LogP contribution in [-0.2, 0) is 24.0 Å². The van der Waals surface area contributed by atoms with Gasteiger partial charge in [-0.15, -0.1) is 0 Å². The summed E-state index contributed by atoms with van der Waals surface area (Å²) < 4.78 is 0. The molecule has 5 N–H and O–H groups in total. The Morgan fingerprint density at radius 2 is 0.586 bits per heavy atom. The minimum atomic E-state index is -0.981. The van der Waals surface area contributed by atoms with Crippen molar-refractivity contribution >= 4 is 29.8 Å². The average molecular weight is 416 g/mol. The summed E-state index contributed by atoms with van der Waals surface area (Å²) >= 11 is 0. The first kappa shape index (κ1) is 36.0. The molecule has 0 saturated carbocycles. The van der Waals surface area contributed by atoms with Crippen LogP contribution >= 0.6 is 0 Å². The van der Waals surface area contributed by atoms with Crippen molar-refractivity contribution in [3.05, 3.63) is 61.3 Å². The molecule has 0 amide bonds. The molecule has 0 saturated heterocycles. The predicted octanol–water partition coefficient (Wildman–Crippen LogP) is 2.85. The lowest BCUT2D eigenvalue weighted by Gasteiger charge is -1.79. The molecule has 0 heterocycles. The van der Waals surface area contributed by atoms with E-state index in [0.717, 1.165) is 6.08 Å². The lowest BCUT2D eigenvalue weighted by molar-refractivity contribution is -0.133. The molecule has 0 rings (SSSR count). The van der Waals surface area contributed by atoms with Gasteiger partial charge in [0.05, 0.1) is 0 Å². The highest BCUT2D eigenvalue weighted by Gasteiger charge is 1.91. The summed E-state index contributed by atoms with van der Waals surface area (Å²) in [6.07, 6.45) is 0.833. The highest BCUT2D eigenvalue weighted by molar-refractivity contribution is 5.85. The second-order valence-corrected chi connectivity index (χ2v) is 4.88. The van der Waals surface area contributed by atoms with Crippen molar-refractivity contribution in [2.24, 2.45) is 0 Å². The van der Waals surface area contributed by atoms with Crippen LogP contribution < -0.4 is 0 Å². The smallest absolute Gasteiger partial charge is 0.330 e. The monoisotopic (exact) mass is 416 g/mol. The van der Waals surface area contributed by atoms with Crippen molar-refractivity contribution < 1.29 is 49.5 Å². The summed E-state index contributed by atoms with van der Waals surface area (Å²) in [6.45, 7) is 21.4. The molecule has 0 aliphatic rings. The Morgan fingerprint density at radius 3 is 0.586 bits per heavy atom. The number of rotatable bonds is 5. The SMILES string of the molecule is C=C(C)C(=O)O.C=C(C)C(=O)O.C=C(C)C(=O)O.C=C(C)C(=O)O.C=CC(=O)O. The van der Waals surface area contributed by atoms with Gasteiger partial charge in [0.25, 0.3) is 0 Å². The van der Waals surface area contributed by atoms with E-state index in [-0.39, 0.29) is 22.3 Å². The Labute approximate surface area is 169 Å². The molecule has 0 atom stereocenters. The molecule has 0 aliphatic carbocycles. The topological polar surface area (TPSA) is 186 Å². The quantitative estimate of drug-likeness (QED) is 0.417. The summed E-state index contributed by atoms with van der Waals surface area (Å²) in [5, 5.41) is 39.2. The van der Waals surface area contributed by atoms with Gasteiger partial charge in [0.15, 0.2) is 0 Å². The van der Waals surface area contributed by atoms with Gasteiger partial charge in [0, 0.05) is 28.4 Å². The van der Waals surface area contributed by atoms with E-state index in [1.165, 1.54) is 27.7 Å². The van der Waals surface area contributed by atoms with Gasteiger partial charge < -0.3 is 25.5 Å². The van der Waals surface area contributed by atoms with Crippen LogP contribution in [0, 0.1) is 0 Å². The Bertz CT molecular complexity index is 510. The molecule has 0 fully saturated rings. The summed E-state index contributed by atoms with van der Waals surface area (Å²) in [5.41, 5.74) is 0.704. The summed E-state index contributed by atoms with van der Waals surface area (Å²) in [4.78, 5) is 47.6. The Balaban J connectivity index is -0.0000000829. The van der Waals surface area contributed by atoms with Crippen LogP contribution in [0.4, 0.5) is 0 Å². The molecule has 0 unspecified atom stereocenters. The normalized spacial score (nSPS) is 7.31. The first-order valence-corrected chi connectivity index (χ1v) is 7.25. The van der Waals surface area contributed by atoms with Crippen molar-refractivity contribution in [3.8, 4) is 0 Å². The van der Waals surface area contributed by atoms with E-state index in [0.29, 0.717) is 0 Å².